The van der Waals surface area contributed by atoms with Crippen molar-refractivity contribution in [2.45, 2.75) is 19.8 Å². The third-order valence-corrected chi connectivity index (χ3v) is 4.77. The number of carbonyl (C=O) groups is 2. The van der Waals surface area contributed by atoms with Gasteiger partial charge in [-0.3, -0.25) is 9.59 Å². The molecule has 0 fully saturated rings. The molecular formula is C19H20BrNO3. The number of hydrogen-bond acceptors (Lipinski definition) is 3. The molecule has 5 heteroatoms. The topological polar surface area (TPSA) is 46.6 Å². The van der Waals surface area contributed by atoms with Crippen molar-refractivity contribution in [2.24, 2.45) is 0 Å². The maximum absolute atomic E-state index is 12.3. The molecule has 0 N–H and O–H groups in total. The van der Waals surface area contributed by atoms with Crippen LogP contribution in [0.25, 0.3) is 0 Å². The molecule has 0 bridgehead atoms. The maximum Gasteiger partial charge on any atom is 0.227 e. The SMILES string of the molecule is COc1ccc(C(=O)CCC(=O)N(C)c2ccc(Br)c(C)c2)cc1. The number of ether oxygens (including phenoxy) is 1. The average Bonchev–Trinajstić information content (AvgIpc) is 2.61. The lowest BCUT2D eigenvalue weighted by molar-refractivity contribution is -0.118. The Kier molecular flexibility index (Phi) is 6.15. The standard InChI is InChI=1S/C19H20BrNO3/c1-13-12-15(6-9-17(13)20)21(2)19(23)11-10-18(22)14-4-7-16(24-3)8-5-14/h4-9,12H,10-11H2,1-3H3. The molecule has 126 valence electrons. The van der Waals surface area contributed by atoms with Gasteiger partial charge in [-0.05, 0) is 55.0 Å². The summed E-state index contributed by atoms with van der Waals surface area (Å²) in [6.45, 7) is 1.97. The molecule has 1 amide bonds. The van der Waals surface area contributed by atoms with Crippen LogP contribution in [0.1, 0.15) is 28.8 Å². The molecule has 2 rings (SSSR count). The van der Waals surface area contributed by atoms with Crippen LogP contribution in [-0.4, -0.2) is 25.8 Å². The van der Waals surface area contributed by atoms with E-state index in [0.717, 1.165) is 15.7 Å². The summed E-state index contributed by atoms with van der Waals surface area (Å²) in [5.41, 5.74) is 2.46. The maximum atomic E-state index is 12.3. The van der Waals surface area contributed by atoms with E-state index in [4.69, 9.17) is 4.74 Å². The number of amides is 1. The first kappa shape index (κ1) is 18.2. The third-order valence-electron chi connectivity index (χ3n) is 3.88. The minimum absolute atomic E-state index is 0.0496. The number of carbonyl (C=O) groups excluding carboxylic acids is 2. The molecule has 0 saturated carbocycles. The Bertz CT molecular complexity index is 741. The second-order valence-corrected chi connectivity index (χ2v) is 6.39. The Labute approximate surface area is 150 Å². The van der Waals surface area contributed by atoms with Crippen molar-refractivity contribution in [3.05, 3.63) is 58.1 Å². The van der Waals surface area contributed by atoms with Crippen molar-refractivity contribution in [1.82, 2.24) is 0 Å². The number of hydrogen-bond donors (Lipinski definition) is 0. The van der Waals surface area contributed by atoms with Gasteiger partial charge in [-0.1, -0.05) is 15.9 Å². The first-order chi connectivity index (χ1) is 11.4. The third kappa shape index (κ3) is 4.45. The van der Waals surface area contributed by atoms with Crippen molar-refractivity contribution in [3.8, 4) is 5.75 Å². The smallest absolute Gasteiger partial charge is 0.227 e. The Balaban J connectivity index is 1.95. The van der Waals surface area contributed by atoms with E-state index in [0.29, 0.717) is 11.3 Å². The molecule has 0 heterocycles. The highest BCUT2D eigenvalue weighted by Crippen LogP contribution is 2.23. The number of nitrogens with zero attached hydrogens (tertiary/aromatic N) is 1. The Morgan fingerprint density at radius 2 is 1.75 bits per heavy atom. The van der Waals surface area contributed by atoms with Crippen LogP contribution in [0.5, 0.6) is 5.75 Å². The summed E-state index contributed by atoms with van der Waals surface area (Å²) in [4.78, 5) is 26.1. The minimum atomic E-state index is -0.0846. The normalized spacial score (nSPS) is 10.3. The average molecular weight is 390 g/mol. The van der Waals surface area contributed by atoms with Gasteiger partial charge in [0.1, 0.15) is 5.75 Å². The molecule has 0 aliphatic carbocycles. The summed E-state index contributed by atoms with van der Waals surface area (Å²) < 4.78 is 6.07. The molecule has 4 nitrogen and oxygen atoms in total. The lowest BCUT2D eigenvalue weighted by atomic mass is 10.1. The molecule has 0 aliphatic rings. The van der Waals surface area contributed by atoms with Crippen LogP contribution in [-0.2, 0) is 4.79 Å². The van der Waals surface area contributed by atoms with E-state index in [1.54, 1.807) is 43.3 Å². The van der Waals surface area contributed by atoms with E-state index < -0.39 is 0 Å². The predicted molar refractivity (Wildman–Crippen MR) is 98.8 cm³/mol. The van der Waals surface area contributed by atoms with Gasteiger partial charge in [0, 0.05) is 35.6 Å². The van der Waals surface area contributed by atoms with Crippen LogP contribution >= 0.6 is 15.9 Å². The lowest BCUT2D eigenvalue weighted by Crippen LogP contribution is -2.26. The fourth-order valence-corrected chi connectivity index (χ4v) is 2.54. The van der Waals surface area contributed by atoms with Gasteiger partial charge in [0.15, 0.2) is 5.78 Å². The van der Waals surface area contributed by atoms with Gasteiger partial charge in [0.25, 0.3) is 0 Å². The number of halogens is 1. The van der Waals surface area contributed by atoms with Gasteiger partial charge < -0.3 is 9.64 Å². The summed E-state index contributed by atoms with van der Waals surface area (Å²) in [6.07, 6.45) is 0.363. The fraction of sp³-hybridized carbons (Fsp3) is 0.263. The Hall–Kier alpha value is -2.14. The molecular weight excluding hydrogens is 370 g/mol. The van der Waals surface area contributed by atoms with E-state index in [9.17, 15) is 9.59 Å². The molecule has 0 atom stereocenters. The minimum Gasteiger partial charge on any atom is -0.497 e. The van der Waals surface area contributed by atoms with Crippen molar-refractivity contribution >= 4 is 33.3 Å². The molecule has 0 aromatic heterocycles. The van der Waals surface area contributed by atoms with E-state index in [1.165, 1.54) is 0 Å². The first-order valence-electron chi connectivity index (χ1n) is 7.62. The Morgan fingerprint density at radius 3 is 2.33 bits per heavy atom. The quantitative estimate of drug-likeness (QED) is 0.688. The van der Waals surface area contributed by atoms with Crippen LogP contribution in [0.15, 0.2) is 46.9 Å². The summed E-state index contributed by atoms with van der Waals surface area (Å²) in [5, 5.41) is 0. The molecule has 0 spiro atoms. The largest absolute Gasteiger partial charge is 0.497 e. The highest BCUT2D eigenvalue weighted by molar-refractivity contribution is 9.10. The van der Waals surface area contributed by atoms with E-state index in [2.05, 4.69) is 15.9 Å². The number of rotatable bonds is 6. The summed E-state index contributed by atoms with van der Waals surface area (Å²) in [6, 6.07) is 12.6. The molecule has 0 radical (unpaired) electrons. The number of aryl methyl sites for hydroxylation is 1. The molecule has 0 unspecified atom stereocenters. The lowest BCUT2D eigenvalue weighted by Gasteiger charge is -2.18. The number of Topliss-reactive ketones (excluding diaryl/α,β-unsaturated/α-hetero) is 1. The van der Waals surface area contributed by atoms with E-state index >= 15 is 0 Å². The first-order valence-corrected chi connectivity index (χ1v) is 8.41. The second kappa shape index (κ2) is 8.11. The van der Waals surface area contributed by atoms with Gasteiger partial charge in [-0.25, -0.2) is 0 Å². The van der Waals surface area contributed by atoms with Crippen molar-refractivity contribution in [2.75, 3.05) is 19.1 Å². The van der Waals surface area contributed by atoms with Crippen LogP contribution in [0.2, 0.25) is 0 Å². The van der Waals surface area contributed by atoms with Crippen molar-refractivity contribution in [1.29, 1.82) is 0 Å². The number of methoxy groups -OCH3 is 1. The molecule has 2 aromatic rings. The molecule has 0 saturated heterocycles. The number of anilines is 1. The number of benzene rings is 2. The van der Waals surface area contributed by atoms with Gasteiger partial charge in [-0.15, -0.1) is 0 Å². The highest BCUT2D eigenvalue weighted by Gasteiger charge is 2.14. The summed E-state index contributed by atoms with van der Waals surface area (Å²) >= 11 is 3.44. The van der Waals surface area contributed by atoms with E-state index in [1.807, 2.05) is 25.1 Å². The van der Waals surface area contributed by atoms with E-state index in [-0.39, 0.29) is 24.5 Å². The molecule has 0 aliphatic heterocycles. The van der Waals surface area contributed by atoms with Crippen molar-refractivity contribution in [3.63, 3.8) is 0 Å². The molecule has 24 heavy (non-hydrogen) atoms. The predicted octanol–water partition coefficient (Wildman–Crippen LogP) is 4.39. The zero-order chi connectivity index (χ0) is 17.7. The van der Waals surface area contributed by atoms with Gasteiger partial charge in [0.05, 0.1) is 7.11 Å². The van der Waals surface area contributed by atoms with Crippen molar-refractivity contribution < 1.29 is 14.3 Å². The zero-order valence-electron chi connectivity index (χ0n) is 14.0. The number of ketones is 1. The Morgan fingerprint density at radius 1 is 1.08 bits per heavy atom. The zero-order valence-corrected chi connectivity index (χ0v) is 15.6. The van der Waals surface area contributed by atoms with Crippen LogP contribution in [0.4, 0.5) is 5.69 Å². The summed E-state index contributed by atoms with van der Waals surface area (Å²) in [5.74, 6) is 0.568. The monoisotopic (exact) mass is 389 g/mol. The van der Waals surface area contributed by atoms with Crippen LogP contribution < -0.4 is 9.64 Å². The fourth-order valence-electron chi connectivity index (χ4n) is 2.29. The second-order valence-electron chi connectivity index (χ2n) is 5.54. The highest BCUT2D eigenvalue weighted by atomic mass is 79.9. The van der Waals surface area contributed by atoms with Gasteiger partial charge in [0.2, 0.25) is 5.91 Å². The summed E-state index contributed by atoms with van der Waals surface area (Å²) in [7, 11) is 3.30. The van der Waals surface area contributed by atoms with Crippen LogP contribution in [0.3, 0.4) is 0 Å². The van der Waals surface area contributed by atoms with Gasteiger partial charge >= 0.3 is 0 Å². The van der Waals surface area contributed by atoms with Crippen LogP contribution in [0, 0.1) is 6.92 Å². The van der Waals surface area contributed by atoms with Gasteiger partial charge in [-0.2, -0.15) is 0 Å². The molecule has 2 aromatic carbocycles.